The van der Waals surface area contributed by atoms with Gasteiger partial charge in [0, 0.05) is 24.5 Å². The minimum Gasteiger partial charge on any atom is -0.495 e. The maximum Gasteiger partial charge on any atom is 0.260 e. The second kappa shape index (κ2) is 9.79. The number of anilines is 1. The summed E-state index contributed by atoms with van der Waals surface area (Å²) in [6.45, 7) is 1.62. The largest absolute Gasteiger partial charge is 0.495 e. The molecule has 8 nitrogen and oxygen atoms in total. The number of methoxy groups -OCH3 is 1. The van der Waals surface area contributed by atoms with Crippen molar-refractivity contribution in [3.63, 3.8) is 0 Å². The van der Waals surface area contributed by atoms with Crippen molar-refractivity contribution in [3.05, 3.63) is 76.6 Å². The Kier molecular flexibility index (Phi) is 6.79. The van der Waals surface area contributed by atoms with Crippen LogP contribution in [0.25, 0.3) is 6.08 Å². The molecule has 11 heteroatoms. The molecule has 2 aliphatic rings. The molecule has 1 fully saturated rings. The van der Waals surface area contributed by atoms with Crippen LogP contribution in [0.1, 0.15) is 18.1 Å². The zero-order valence-corrected chi connectivity index (χ0v) is 19.4. The van der Waals surface area contributed by atoms with E-state index in [1.54, 1.807) is 25.5 Å². The number of fused-ring (bicyclic) bond motifs is 1. The fourth-order valence-corrected chi connectivity index (χ4v) is 3.79. The second-order valence-corrected chi connectivity index (χ2v) is 7.89. The van der Waals surface area contributed by atoms with Gasteiger partial charge in [-0.3, -0.25) is 0 Å². The average Bonchev–Trinajstić information content (AvgIpc) is 3.26. The van der Waals surface area contributed by atoms with Gasteiger partial charge >= 0.3 is 0 Å². The van der Waals surface area contributed by atoms with E-state index < -0.39 is 29.8 Å². The van der Waals surface area contributed by atoms with Crippen LogP contribution in [0.3, 0.4) is 0 Å². The summed E-state index contributed by atoms with van der Waals surface area (Å²) in [5.74, 6) is -3.26. The molecule has 0 aliphatic carbocycles. The zero-order valence-electron chi connectivity index (χ0n) is 19.4. The van der Waals surface area contributed by atoms with Gasteiger partial charge in [-0.05, 0) is 42.8 Å². The number of amidine groups is 1. The van der Waals surface area contributed by atoms with Gasteiger partial charge in [0.1, 0.15) is 19.0 Å². The maximum atomic E-state index is 13.9. The number of allylic oxidation sites excluding steroid dienone is 1. The van der Waals surface area contributed by atoms with Crippen LogP contribution in [0.5, 0.6) is 5.75 Å². The Morgan fingerprint density at radius 2 is 2.00 bits per heavy atom. The lowest BCUT2D eigenvalue weighted by Gasteiger charge is -2.38. The van der Waals surface area contributed by atoms with Crippen LogP contribution < -0.4 is 15.4 Å². The molecule has 2 aromatic rings. The van der Waals surface area contributed by atoms with Crippen molar-refractivity contribution in [1.29, 1.82) is 0 Å². The van der Waals surface area contributed by atoms with E-state index in [2.05, 4.69) is 15.8 Å². The van der Waals surface area contributed by atoms with Crippen LogP contribution in [0.4, 0.5) is 18.9 Å². The number of aliphatic hydroxyl groups excluding tert-OH is 1. The van der Waals surface area contributed by atoms with Crippen LogP contribution in [0.2, 0.25) is 0 Å². The van der Waals surface area contributed by atoms with E-state index >= 15 is 0 Å². The third-order valence-corrected chi connectivity index (χ3v) is 5.78. The number of ether oxygens (including phenoxy) is 2. The Morgan fingerprint density at radius 3 is 2.66 bits per heavy atom. The summed E-state index contributed by atoms with van der Waals surface area (Å²) in [5, 5.41) is 20.4. The van der Waals surface area contributed by atoms with Gasteiger partial charge < -0.3 is 35.0 Å². The molecule has 186 valence electrons. The monoisotopic (exact) mass is 490 g/mol. The number of morpholine rings is 1. The molecule has 1 unspecified atom stereocenters. The van der Waals surface area contributed by atoms with Crippen molar-refractivity contribution in [3.8, 4) is 5.75 Å². The van der Waals surface area contributed by atoms with E-state index in [-0.39, 0.29) is 24.6 Å². The van der Waals surface area contributed by atoms with Crippen molar-refractivity contribution in [2.45, 2.75) is 12.6 Å². The van der Waals surface area contributed by atoms with E-state index in [9.17, 15) is 18.3 Å². The molecular weight excluding hydrogens is 465 g/mol. The maximum absolute atomic E-state index is 13.9. The Hall–Kier alpha value is -3.86. The number of benzene rings is 2. The Morgan fingerprint density at radius 1 is 1.26 bits per heavy atom. The lowest BCUT2D eigenvalue weighted by Crippen LogP contribution is -2.52. The van der Waals surface area contributed by atoms with Gasteiger partial charge in [0.2, 0.25) is 5.84 Å². The van der Waals surface area contributed by atoms with Crippen molar-refractivity contribution >= 4 is 17.6 Å². The molecule has 1 saturated heterocycles. The first-order chi connectivity index (χ1) is 16.8. The number of rotatable bonds is 7. The van der Waals surface area contributed by atoms with E-state index in [1.165, 1.54) is 4.90 Å². The molecule has 4 rings (SSSR count). The van der Waals surface area contributed by atoms with Crippen LogP contribution in [0, 0.1) is 17.5 Å². The molecular formula is C24H25F3N4O4. The van der Waals surface area contributed by atoms with Crippen LogP contribution in [0.15, 0.2) is 53.1 Å². The molecule has 0 radical (unpaired) electrons. The summed E-state index contributed by atoms with van der Waals surface area (Å²) >= 11 is 0. The van der Waals surface area contributed by atoms with Crippen molar-refractivity contribution in [1.82, 2.24) is 10.2 Å². The summed E-state index contributed by atoms with van der Waals surface area (Å²) in [4.78, 5) is 7.04. The molecule has 0 amide bonds. The third-order valence-electron chi connectivity index (χ3n) is 5.78. The molecule has 2 aliphatic heterocycles. The van der Waals surface area contributed by atoms with Crippen LogP contribution in [-0.4, -0.2) is 49.8 Å². The Labute approximate surface area is 200 Å². The number of oxime groups is 1. The highest BCUT2D eigenvalue weighted by molar-refractivity contribution is 6.01. The normalized spacial score (nSPS) is 20.7. The standard InChI is InChI=1S/C24H25F3N4O4/c1-14(28-2)12-29-19-5-4-15(8-20(19)33-3)9-21-23-30-35-24(13-32,31(23)6-7-34-21)16-10-17(25)22(27)18(26)11-16/h4-5,8-12,28-29,32H,6-7,13H2,1-3H3/b14-12-,21-9+. The molecule has 0 saturated carbocycles. The molecule has 0 spiro atoms. The first kappa shape index (κ1) is 24.3. The summed E-state index contributed by atoms with van der Waals surface area (Å²) in [7, 11) is 3.37. The van der Waals surface area contributed by atoms with Crippen molar-refractivity contribution in [2.24, 2.45) is 5.16 Å². The fourth-order valence-electron chi connectivity index (χ4n) is 3.79. The molecule has 35 heavy (non-hydrogen) atoms. The molecule has 0 bridgehead atoms. The number of hydrogen-bond acceptors (Lipinski definition) is 8. The lowest BCUT2D eigenvalue weighted by molar-refractivity contribution is -0.141. The van der Waals surface area contributed by atoms with Gasteiger partial charge in [0.15, 0.2) is 23.2 Å². The fraction of sp³-hybridized carbons (Fsp3) is 0.292. The van der Waals surface area contributed by atoms with E-state index in [0.29, 0.717) is 11.5 Å². The summed E-state index contributed by atoms with van der Waals surface area (Å²) in [6, 6.07) is 7.03. The minimum absolute atomic E-state index is 0.113. The lowest BCUT2D eigenvalue weighted by atomic mass is 10.00. The third kappa shape index (κ3) is 4.46. The molecule has 0 aromatic heterocycles. The smallest absolute Gasteiger partial charge is 0.260 e. The molecule has 2 aromatic carbocycles. The Bertz CT molecular complexity index is 1190. The number of nitrogens with one attached hydrogen (secondary N) is 2. The quantitative estimate of drug-likeness (QED) is 0.513. The highest BCUT2D eigenvalue weighted by atomic mass is 19.2. The Balaban J connectivity index is 1.65. The van der Waals surface area contributed by atoms with Gasteiger partial charge in [-0.1, -0.05) is 11.2 Å². The number of aliphatic hydroxyl groups is 1. The predicted octanol–water partition coefficient (Wildman–Crippen LogP) is 3.47. The van der Waals surface area contributed by atoms with Crippen LogP contribution in [-0.2, 0) is 15.3 Å². The molecule has 1 atom stereocenters. The van der Waals surface area contributed by atoms with E-state index in [1.807, 2.05) is 26.1 Å². The van der Waals surface area contributed by atoms with Gasteiger partial charge in [-0.15, -0.1) is 0 Å². The van der Waals surface area contributed by atoms with Gasteiger partial charge in [0.05, 0.1) is 19.3 Å². The SMILES string of the molecule is CN/C(C)=C\Nc1ccc(/C=C2/OCCN3C2=NOC3(CO)c2cc(F)c(F)c(F)c2)cc1OC. The van der Waals surface area contributed by atoms with Gasteiger partial charge in [-0.2, -0.15) is 0 Å². The minimum atomic E-state index is -1.73. The van der Waals surface area contributed by atoms with Crippen LogP contribution >= 0.6 is 0 Å². The average molecular weight is 490 g/mol. The summed E-state index contributed by atoms with van der Waals surface area (Å²) in [6.07, 6.45) is 3.51. The van der Waals surface area contributed by atoms with E-state index in [0.717, 1.165) is 29.1 Å². The second-order valence-electron chi connectivity index (χ2n) is 7.89. The van der Waals surface area contributed by atoms with Gasteiger partial charge in [-0.25, -0.2) is 13.2 Å². The summed E-state index contributed by atoms with van der Waals surface area (Å²) in [5.41, 5.74) is 0.564. The highest BCUT2D eigenvalue weighted by Crippen LogP contribution is 2.39. The highest BCUT2D eigenvalue weighted by Gasteiger charge is 2.50. The predicted molar refractivity (Wildman–Crippen MR) is 124 cm³/mol. The van der Waals surface area contributed by atoms with Gasteiger partial charge in [0.25, 0.3) is 5.72 Å². The first-order valence-corrected chi connectivity index (χ1v) is 10.8. The van der Waals surface area contributed by atoms with E-state index in [4.69, 9.17) is 14.3 Å². The zero-order chi connectivity index (χ0) is 25.2. The number of nitrogens with zero attached hydrogens (tertiary/aromatic N) is 2. The van der Waals surface area contributed by atoms with Crippen molar-refractivity contribution in [2.75, 3.05) is 39.2 Å². The number of halogens is 3. The first-order valence-electron chi connectivity index (χ1n) is 10.8. The number of hydrogen-bond donors (Lipinski definition) is 3. The summed E-state index contributed by atoms with van der Waals surface area (Å²) < 4.78 is 52.7. The topological polar surface area (TPSA) is 87.6 Å². The molecule has 2 heterocycles. The molecule has 3 N–H and O–H groups in total. The van der Waals surface area contributed by atoms with Crippen molar-refractivity contribution < 1.29 is 32.6 Å².